The van der Waals surface area contributed by atoms with Crippen LogP contribution >= 0.6 is 11.6 Å². The second-order valence-corrected chi connectivity index (χ2v) is 6.62. The van der Waals surface area contributed by atoms with Crippen LogP contribution in [0.5, 0.6) is 0 Å². The third-order valence-corrected chi connectivity index (χ3v) is 3.62. The Morgan fingerprint density at radius 1 is 1.19 bits per heavy atom. The van der Waals surface area contributed by atoms with Gasteiger partial charge in [0.15, 0.2) is 0 Å². The monoisotopic (exact) mass is 311 g/mol. The van der Waals surface area contributed by atoms with Crippen LogP contribution in [0.15, 0.2) is 12.1 Å². The summed E-state index contributed by atoms with van der Waals surface area (Å²) < 4.78 is 0. The molecule has 0 unspecified atom stereocenters. The molecule has 0 spiro atoms. The quantitative estimate of drug-likeness (QED) is 0.647. The van der Waals surface area contributed by atoms with Gasteiger partial charge in [0.2, 0.25) is 0 Å². The zero-order chi connectivity index (χ0) is 15.8. The van der Waals surface area contributed by atoms with Crippen molar-refractivity contribution in [2.24, 2.45) is 5.92 Å². The summed E-state index contributed by atoms with van der Waals surface area (Å²) in [5, 5.41) is 0. The summed E-state index contributed by atoms with van der Waals surface area (Å²) in [6, 6.07) is 4.28. The van der Waals surface area contributed by atoms with Gasteiger partial charge in [-0.3, -0.25) is 0 Å². The van der Waals surface area contributed by atoms with E-state index in [1.165, 1.54) is 5.56 Å². The predicted molar refractivity (Wildman–Crippen MR) is 93.4 cm³/mol. The van der Waals surface area contributed by atoms with Gasteiger partial charge in [0.05, 0.1) is 0 Å². The molecule has 0 bridgehead atoms. The zero-order valence-electron chi connectivity index (χ0n) is 14.2. The summed E-state index contributed by atoms with van der Waals surface area (Å²) in [5.41, 5.74) is 2.33. The molecule has 4 heteroatoms. The van der Waals surface area contributed by atoms with Crippen molar-refractivity contribution < 1.29 is 0 Å². The molecule has 0 radical (unpaired) electrons. The molecule has 0 aromatic carbocycles. The number of aromatic nitrogens is 1. The second kappa shape index (κ2) is 9.26. The highest BCUT2D eigenvalue weighted by molar-refractivity contribution is 6.17. The molecule has 1 aromatic heterocycles. The van der Waals surface area contributed by atoms with Crippen molar-refractivity contribution in [1.82, 2.24) is 9.88 Å². The Morgan fingerprint density at radius 3 is 2.43 bits per heavy atom. The number of likely N-dealkylation sites (N-methyl/N-ethyl adjacent to an activating group) is 1. The molecule has 1 heterocycles. The van der Waals surface area contributed by atoms with E-state index in [-0.39, 0.29) is 0 Å². The van der Waals surface area contributed by atoms with Crippen LogP contribution in [0.2, 0.25) is 0 Å². The smallest absolute Gasteiger partial charge is 0.129 e. The highest BCUT2D eigenvalue weighted by atomic mass is 35.5. The molecular weight excluding hydrogens is 282 g/mol. The first-order valence-corrected chi connectivity index (χ1v) is 8.45. The lowest BCUT2D eigenvalue weighted by Crippen LogP contribution is -2.35. The van der Waals surface area contributed by atoms with E-state index in [9.17, 15) is 0 Å². The first-order chi connectivity index (χ1) is 9.96. The summed E-state index contributed by atoms with van der Waals surface area (Å²) in [6.07, 6.45) is 2.13. The molecular formula is C17H30ClN3. The molecule has 1 aromatic rings. The molecule has 0 aliphatic carbocycles. The number of aryl methyl sites for hydroxylation is 1. The van der Waals surface area contributed by atoms with Gasteiger partial charge in [-0.25, -0.2) is 4.98 Å². The summed E-state index contributed by atoms with van der Waals surface area (Å²) in [7, 11) is 4.22. The van der Waals surface area contributed by atoms with Crippen molar-refractivity contribution in [3.8, 4) is 0 Å². The lowest BCUT2D eigenvalue weighted by atomic mass is 10.1. The van der Waals surface area contributed by atoms with Crippen molar-refractivity contribution in [3.63, 3.8) is 0 Å². The molecule has 0 saturated carbocycles. The van der Waals surface area contributed by atoms with Gasteiger partial charge in [-0.1, -0.05) is 27.2 Å². The standard InChI is InChI=1S/C17H30ClN3/c1-6-7-16-10-15(12-18)11-17(19-16)21(13-14(2)3)9-8-20(4)5/h10-11,14H,6-9,12-13H2,1-5H3. The molecule has 0 fully saturated rings. The fourth-order valence-electron chi connectivity index (χ4n) is 2.32. The summed E-state index contributed by atoms with van der Waals surface area (Å²) in [4.78, 5) is 9.45. The van der Waals surface area contributed by atoms with Crippen LogP contribution in [0.4, 0.5) is 5.82 Å². The van der Waals surface area contributed by atoms with E-state index in [2.05, 4.69) is 56.8 Å². The average Bonchev–Trinajstić information content (AvgIpc) is 2.42. The van der Waals surface area contributed by atoms with Gasteiger partial charge in [0, 0.05) is 31.2 Å². The van der Waals surface area contributed by atoms with Gasteiger partial charge in [-0.15, -0.1) is 11.6 Å². The third kappa shape index (κ3) is 6.66. The Morgan fingerprint density at radius 2 is 1.90 bits per heavy atom. The summed E-state index contributed by atoms with van der Waals surface area (Å²) >= 11 is 6.05. The first kappa shape index (κ1) is 18.2. The van der Waals surface area contributed by atoms with Gasteiger partial charge in [-0.2, -0.15) is 0 Å². The number of hydrogen-bond donors (Lipinski definition) is 0. The minimum atomic E-state index is 0.551. The van der Waals surface area contributed by atoms with Crippen LogP contribution < -0.4 is 4.90 Å². The topological polar surface area (TPSA) is 19.4 Å². The van der Waals surface area contributed by atoms with E-state index in [1.807, 2.05) is 0 Å². The number of alkyl halides is 1. The number of hydrogen-bond acceptors (Lipinski definition) is 3. The fourth-order valence-corrected chi connectivity index (χ4v) is 2.47. The molecule has 3 nitrogen and oxygen atoms in total. The Hall–Kier alpha value is -0.800. The highest BCUT2D eigenvalue weighted by Gasteiger charge is 2.12. The molecule has 0 aliphatic rings. The van der Waals surface area contributed by atoms with E-state index >= 15 is 0 Å². The number of halogens is 1. The van der Waals surface area contributed by atoms with Gasteiger partial charge in [0.25, 0.3) is 0 Å². The number of pyridine rings is 1. The van der Waals surface area contributed by atoms with Crippen molar-refractivity contribution in [1.29, 1.82) is 0 Å². The van der Waals surface area contributed by atoms with Crippen LogP contribution in [0.25, 0.3) is 0 Å². The molecule has 120 valence electrons. The Kier molecular flexibility index (Phi) is 8.05. The molecule has 21 heavy (non-hydrogen) atoms. The second-order valence-electron chi connectivity index (χ2n) is 6.35. The van der Waals surface area contributed by atoms with Crippen LogP contribution in [0.3, 0.4) is 0 Å². The number of anilines is 1. The maximum atomic E-state index is 6.05. The normalized spacial score (nSPS) is 11.4. The van der Waals surface area contributed by atoms with Gasteiger partial charge in [-0.05, 0) is 44.1 Å². The van der Waals surface area contributed by atoms with Gasteiger partial charge in [0.1, 0.15) is 5.82 Å². The molecule has 0 aliphatic heterocycles. The maximum Gasteiger partial charge on any atom is 0.129 e. The maximum absolute atomic E-state index is 6.05. The highest BCUT2D eigenvalue weighted by Crippen LogP contribution is 2.19. The summed E-state index contributed by atoms with van der Waals surface area (Å²) in [6.45, 7) is 9.74. The van der Waals surface area contributed by atoms with E-state index in [1.54, 1.807) is 0 Å². The van der Waals surface area contributed by atoms with E-state index in [4.69, 9.17) is 16.6 Å². The lowest BCUT2D eigenvalue weighted by Gasteiger charge is -2.28. The van der Waals surface area contributed by atoms with Gasteiger partial charge < -0.3 is 9.80 Å². The molecule has 0 N–H and O–H groups in total. The average molecular weight is 312 g/mol. The lowest BCUT2D eigenvalue weighted by molar-refractivity contribution is 0.408. The molecule has 1 rings (SSSR count). The zero-order valence-corrected chi connectivity index (χ0v) is 15.0. The van der Waals surface area contributed by atoms with Crippen molar-refractivity contribution in [3.05, 3.63) is 23.4 Å². The van der Waals surface area contributed by atoms with Crippen LogP contribution in [0, 0.1) is 5.92 Å². The molecule has 0 atom stereocenters. The number of nitrogens with zero attached hydrogens (tertiary/aromatic N) is 3. The minimum Gasteiger partial charge on any atom is -0.355 e. The fraction of sp³-hybridized carbons (Fsp3) is 0.706. The minimum absolute atomic E-state index is 0.551. The predicted octanol–water partition coefficient (Wildman–Crippen LogP) is 3.80. The van der Waals surface area contributed by atoms with Crippen LogP contribution in [-0.4, -0.2) is 43.6 Å². The van der Waals surface area contributed by atoms with E-state index < -0.39 is 0 Å². The van der Waals surface area contributed by atoms with Crippen LogP contribution in [-0.2, 0) is 12.3 Å². The third-order valence-electron chi connectivity index (χ3n) is 3.31. The van der Waals surface area contributed by atoms with Gasteiger partial charge >= 0.3 is 0 Å². The Bertz CT molecular complexity index is 418. The number of rotatable bonds is 9. The van der Waals surface area contributed by atoms with E-state index in [0.717, 1.165) is 44.0 Å². The van der Waals surface area contributed by atoms with Crippen molar-refractivity contribution in [2.45, 2.75) is 39.5 Å². The van der Waals surface area contributed by atoms with Crippen molar-refractivity contribution in [2.75, 3.05) is 38.6 Å². The Balaban J connectivity index is 3.00. The molecule has 0 amide bonds. The molecule has 0 saturated heterocycles. The summed E-state index contributed by atoms with van der Waals surface area (Å²) in [5.74, 6) is 2.24. The largest absolute Gasteiger partial charge is 0.355 e. The van der Waals surface area contributed by atoms with Crippen LogP contribution in [0.1, 0.15) is 38.4 Å². The SMILES string of the molecule is CCCc1cc(CCl)cc(N(CCN(C)C)CC(C)C)n1. The Labute approximate surface area is 135 Å². The first-order valence-electron chi connectivity index (χ1n) is 7.91. The van der Waals surface area contributed by atoms with E-state index in [0.29, 0.717) is 11.8 Å². The van der Waals surface area contributed by atoms with Crippen molar-refractivity contribution >= 4 is 17.4 Å².